The molecule has 0 unspecified atom stereocenters. The van der Waals surface area contributed by atoms with Crippen LogP contribution in [0.15, 0.2) is 23.0 Å². The van der Waals surface area contributed by atoms with E-state index in [4.69, 9.17) is 10.5 Å². The van der Waals surface area contributed by atoms with E-state index < -0.39 is 69.9 Å². The third kappa shape index (κ3) is 4.00. The average molecular weight is 545 g/mol. The summed E-state index contributed by atoms with van der Waals surface area (Å²) in [6, 6.07) is 0.338. The van der Waals surface area contributed by atoms with Gasteiger partial charge in [0.05, 0.1) is 23.9 Å². The Bertz CT molecular complexity index is 1360. The first kappa shape index (κ1) is 27.9. The minimum absolute atomic E-state index is 0.0256. The average Bonchev–Trinajstić information content (AvgIpc) is 2.82. The van der Waals surface area contributed by atoms with Crippen LogP contribution in [0.1, 0.15) is 24.5 Å². The molecule has 2 amide bonds. The van der Waals surface area contributed by atoms with Gasteiger partial charge in [0.15, 0.2) is 17.1 Å². The molecule has 1 aromatic carbocycles. The highest BCUT2D eigenvalue weighted by Gasteiger charge is 2.64. The molecule has 0 bridgehead atoms. The van der Waals surface area contributed by atoms with E-state index in [0.29, 0.717) is 11.3 Å². The maximum Gasteiger partial charge on any atom is 0.411 e. The topological polar surface area (TPSA) is 203 Å². The number of benzene rings is 1. The quantitative estimate of drug-likeness (QED) is 0.224. The van der Waals surface area contributed by atoms with Crippen molar-refractivity contribution in [2.45, 2.75) is 31.4 Å². The summed E-state index contributed by atoms with van der Waals surface area (Å²) in [6.45, 7) is 1.68. The number of likely N-dealkylation sites (N-methyl/N-ethyl adjacent to an activating group) is 1. The van der Waals surface area contributed by atoms with Crippen molar-refractivity contribution in [2.24, 2.45) is 17.6 Å². The first-order valence-electron chi connectivity index (χ1n) is 12.3. The lowest BCUT2D eigenvalue weighted by molar-refractivity contribution is -0.153. The van der Waals surface area contributed by atoms with Crippen LogP contribution in [0.25, 0.3) is 5.76 Å². The number of nitrogens with one attached hydrogen (secondary N) is 1. The number of phenols is 1. The lowest BCUT2D eigenvalue weighted by Gasteiger charge is -2.50. The number of nitrogens with two attached hydrogens (primary N) is 1. The lowest BCUT2D eigenvalue weighted by atomic mass is 9.57. The molecule has 0 aromatic heterocycles. The predicted molar refractivity (Wildman–Crippen MR) is 139 cm³/mol. The molecule has 1 fully saturated rings. The predicted octanol–water partition coefficient (Wildman–Crippen LogP) is 0.598. The molecule has 1 aromatic rings. The molecular formula is C26H32N4O9. The first-order valence-corrected chi connectivity index (χ1v) is 12.3. The number of ether oxygens (including phenoxy) is 1. The Morgan fingerprint density at radius 1 is 1.18 bits per heavy atom. The minimum atomic E-state index is -2.73. The molecule has 0 spiro atoms. The van der Waals surface area contributed by atoms with Crippen molar-refractivity contribution in [2.75, 3.05) is 45.0 Å². The molecular weight excluding hydrogens is 512 g/mol. The minimum Gasteiger partial charge on any atom is -0.508 e. The van der Waals surface area contributed by atoms with Gasteiger partial charge in [-0.1, -0.05) is 0 Å². The van der Waals surface area contributed by atoms with Crippen molar-refractivity contribution in [3.8, 4) is 5.75 Å². The van der Waals surface area contributed by atoms with Gasteiger partial charge < -0.3 is 35.8 Å². The summed E-state index contributed by atoms with van der Waals surface area (Å²) in [7, 11) is 6.51. The van der Waals surface area contributed by atoms with E-state index in [9.17, 15) is 39.6 Å². The summed E-state index contributed by atoms with van der Waals surface area (Å²) < 4.78 is 4.89. The highest BCUT2D eigenvalue weighted by atomic mass is 16.5. The number of anilines is 2. The van der Waals surface area contributed by atoms with Crippen molar-refractivity contribution in [1.29, 1.82) is 0 Å². The van der Waals surface area contributed by atoms with Gasteiger partial charge in [0.1, 0.15) is 17.1 Å². The highest BCUT2D eigenvalue weighted by molar-refractivity contribution is 6.24. The van der Waals surface area contributed by atoms with Crippen molar-refractivity contribution < 1.29 is 44.3 Å². The Morgan fingerprint density at radius 2 is 1.82 bits per heavy atom. The maximum absolute atomic E-state index is 13.9. The van der Waals surface area contributed by atoms with Gasteiger partial charge in [-0.25, -0.2) is 4.79 Å². The molecule has 4 rings (SSSR count). The fourth-order valence-corrected chi connectivity index (χ4v) is 6.06. The summed E-state index contributed by atoms with van der Waals surface area (Å²) in [6.07, 6.45) is -0.753. The number of aliphatic hydroxyl groups is 3. The fourth-order valence-electron chi connectivity index (χ4n) is 6.06. The number of carbonyl (C=O) groups excluding carboxylic acids is 4. The number of fused-ring (bicyclic) bond motifs is 3. The fraction of sp³-hybridized carbons (Fsp3) is 0.462. The number of phenolic OH excluding ortho intramolecular Hbond substituents is 1. The van der Waals surface area contributed by atoms with Crippen LogP contribution in [-0.2, 0) is 25.5 Å². The normalized spacial score (nSPS) is 26.2. The molecule has 1 saturated carbocycles. The number of hydrogen-bond donors (Lipinski definition) is 6. The van der Waals surface area contributed by atoms with Crippen molar-refractivity contribution >= 4 is 40.7 Å². The number of aliphatic hydroxyl groups excluding tert-OH is 2. The van der Waals surface area contributed by atoms with Gasteiger partial charge in [0, 0.05) is 31.3 Å². The van der Waals surface area contributed by atoms with Crippen LogP contribution in [0.2, 0.25) is 0 Å². The van der Waals surface area contributed by atoms with Gasteiger partial charge in [-0.2, -0.15) is 0 Å². The molecule has 210 valence electrons. The zero-order valence-corrected chi connectivity index (χ0v) is 22.2. The number of nitrogens with zero attached hydrogens (tertiary/aromatic N) is 2. The Kier molecular flexibility index (Phi) is 6.86. The van der Waals surface area contributed by atoms with E-state index in [1.807, 2.05) is 0 Å². The monoisotopic (exact) mass is 544 g/mol. The van der Waals surface area contributed by atoms with Crippen LogP contribution in [0.4, 0.5) is 16.2 Å². The van der Waals surface area contributed by atoms with E-state index >= 15 is 0 Å². The van der Waals surface area contributed by atoms with E-state index in [0.717, 1.165) is 0 Å². The molecule has 7 N–H and O–H groups in total. The van der Waals surface area contributed by atoms with Crippen LogP contribution in [0, 0.1) is 11.8 Å². The van der Waals surface area contributed by atoms with Crippen molar-refractivity contribution in [3.63, 3.8) is 0 Å². The number of rotatable bonds is 5. The third-order valence-corrected chi connectivity index (χ3v) is 7.69. The molecule has 3 aliphatic rings. The second-order valence-electron chi connectivity index (χ2n) is 10.3. The summed E-state index contributed by atoms with van der Waals surface area (Å²) in [4.78, 5) is 54.4. The second-order valence-corrected chi connectivity index (χ2v) is 10.3. The summed E-state index contributed by atoms with van der Waals surface area (Å²) >= 11 is 0. The molecule has 13 heteroatoms. The summed E-state index contributed by atoms with van der Waals surface area (Å²) in [5.74, 6) is -7.46. The number of Topliss-reactive ketones (excluding diaryl/α,β-unsaturated/α-hetero) is 2. The summed E-state index contributed by atoms with van der Waals surface area (Å²) in [5, 5.41) is 47.5. The Morgan fingerprint density at radius 3 is 2.36 bits per heavy atom. The molecule has 0 radical (unpaired) electrons. The molecule has 39 heavy (non-hydrogen) atoms. The van der Waals surface area contributed by atoms with Crippen LogP contribution in [0.3, 0.4) is 0 Å². The largest absolute Gasteiger partial charge is 0.508 e. The van der Waals surface area contributed by atoms with Gasteiger partial charge in [-0.3, -0.25) is 24.6 Å². The van der Waals surface area contributed by atoms with E-state index in [1.54, 1.807) is 25.9 Å². The van der Waals surface area contributed by atoms with Crippen molar-refractivity contribution in [1.82, 2.24) is 4.90 Å². The second kappa shape index (κ2) is 9.58. The number of primary amides is 1. The number of aromatic hydroxyl groups is 1. The first-order chi connectivity index (χ1) is 18.2. The zero-order valence-electron chi connectivity index (χ0n) is 22.2. The molecule has 0 saturated heterocycles. The molecule has 4 atom stereocenters. The molecule has 13 nitrogen and oxygen atoms in total. The van der Waals surface area contributed by atoms with Crippen LogP contribution >= 0.6 is 0 Å². The summed E-state index contributed by atoms with van der Waals surface area (Å²) in [5.41, 5.74) is 2.22. The Balaban J connectivity index is 1.97. The van der Waals surface area contributed by atoms with Crippen LogP contribution in [0.5, 0.6) is 5.75 Å². The van der Waals surface area contributed by atoms with E-state index in [-0.39, 0.29) is 36.3 Å². The lowest BCUT2D eigenvalue weighted by Crippen LogP contribution is -2.65. The smallest absolute Gasteiger partial charge is 0.411 e. The Labute approximate surface area is 224 Å². The van der Waals surface area contributed by atoms with Gasteiger partial charge >= 0.3 is 6.09 Å². The molecule has 3 aliphatic carbocycles. The van der Waals surface area contributed by atoms with Crippen molar-refractivity contribution in [3.05, 3.63) is 34.1 Å². The van der Waals surface area contributed by atoms with Gasteiger partial charge in [0.25, 0.3) is 5.91 Å². The zero-order chi connectivity index (χ0) is 29.1. The number of ketones is 2. The van der Waals surface area contributed by atoms with Crippen LogP contribution in [-0.4, -0.2) is 95.3 Å². The Hall–Kier alpha value is -4.10. The maximum atomic E-state index is 13.9. The van der Waals surface area contributed by atoms with E-state index in [2.05, 4.69) is 5.32 Å². The number of carbonyl (C=O) groups is 4. The standard InChI is InChI=1S/C26H32N4O9/c1-6-39-25(37)28-13-9-14(29(2)3)11-7-10-8-12-18(30(4)5)21(33)17(24(27)36)23(35)26(12,38)22(34)15(10)20(32)16(11)19(13)31/h9-10,12,18,31-32,35,38H,6-8H2,1-5H3,(H2,27,36)(H,28,37)/t10-,12-,18-,26-/m0/s1. The molecule has 0 aliphatic heterocycles. The number of amides is 2. The van der Waals surface area contributed by atoms with Gasteiger partial charge in [-0.15, -0.1) is 0 Å². The third-order valence-electron chi connectivity index (χ3n) is 7.69. The number of hydrogen-bond acceptors (Lipinski definition) is 11. The SMILES string of the molecule is CCOC(=O)Nc1cc(N(C)C)c2c(c1O)C(O)=C1C(=O)[C@]3(O)C(O)=C(C(N)=O)C(=O)[C@@H](N(C)C)[C@@H]3C[C@@H]1C2. The van der Waals surface area contributed by atoms with E-state index in [1.165, 1.54) is 25.1 Å². The highest BCUT2D eigenvalue weighted by Crippen LogP contribution is 2.54. The molecule has 0 heterocycles. The van der Waals surface area contributed by atoms with Gasteiger partial charge in [0.2, 0.25) is 5.78 Å². The van der Waals surface area contributed by atoms with Gasteiger partial charge in [-0.05, 0) is 51.4 Å². The van der Waals surface area contributed by atoms with Crippen LogP contribution < -0.4 is 16.0 Å².